The minimum absolute atomic E-state index is 0.0948. The van der Waals surface area contributed by atoms with Gasteiger partial charge >= 0.3 is 0 Å². The van der Waals surface area contributed by atoms with Crippen LogP contribution in [0.4, 0.5) is 0 Å². The molecule has 0 fully saturated rings. The number of ether oxygens (including phenoxy) is 1. The molecule has 4 aromatic rings. The van der Waals surface area contributed by atoms with E-state index in [1.54, 1.807) is 17.4 Å². The van der Waals surface area contributed by atoms with Crippen molar-refractivity contribution in [2.45, 2.75) is 26.4 Å². The zero-order valence-electron chi connectivity index (χ0n) is 18.5. The van der Waals surface area contributed by atoms with Crippen molar-refractivity contribution in [3.63, 3.8) is 0 Å². The van der Waals surface area contributed by atoms with Gasteiger partial charge < -0.3 is 14.6 Å². The predicted molar refractivity (Wildman–Crippen MR) is 133 cm³/mol. The molecule has 4 rings (SSSR count). The summed E-state index contributed by atoms with van der Waals surface area (Å²) in [5, 5.41) is 15.4. The zero-order valence-corrected chi connectivity index (χ0v) is 19.3. The van der Waals surface area contributed by atoms with Crippen LogP contribution in [0.2, 0.25) is 0 Å². The number of carbonyl (C=O) groups excluding carboxylic acids is 1. The number of benzene rings is 2. The monoisotopic (exact) mass is 455 g/mol. The molecule has 166 valence electrons. The number of hydrogen-bond donors (Lipinski definition) is 1. The van der Waals surface area contributed by atoms with E-state index in [9.17, 15) is 10.1 Å². The molecule has 0 saturated carbocycles. The number of hydrogen-bond acceptors (Lipinski definition) is 4. The summed E-state index contributed by atoms with van der Waals surface area (Å²) in [4.78, 5) is 13.6. The molecule has 0 spiro atoms. The Morgan fingerprint density at radius 2 is 1.97 bits per heavy atom. The zero-order chi connectivity index (χ0) is 23.0. The molecule has 1 amide bonds. The minimum atomic E-state index is -0.366. The standard InChI is InChI=1S/C27H25N3O2S/c1-20-8-2-5-12-26(20)32-14-7-13-30-19-22(24-10-3-4-11-25(24)30)16-21(17-28)27(31)29-18-23-9-6-15-33-23/h2-6,8-12,15-16,19H,7,13-14,18H2,1H3,(H,29,31)/b21-16+. The number of rotatable bonds is 9. The van der Waals surface area contributed by atoms with Crippen LogP contribution in [0.25, 0.3) is 17.0 Å². The summed E-state index contributed by atoms with van der Waals surface area (Å²) in [6.45, 7) is 3.83. The van der Waals surface area contributed by atoms with E-state index in [1.165, 1.54) is 0 Å². The van der Waals surface area contributed by atoms with Gasteiger partial charge in [0.25, 0.3) is 5.91 Å². The number of aromatic nitrogens is 1. The number of carbonyl (C=O) groups is 1. The van der Waals surface area contributed by atoms with E-state index in [0.29, 0.717) is 13.2 Å². The maximum Gasteiger partial charge on any atom is 0.262 e. The van der Waals surface area contributed by atoms with E-state index in [1.807, 2.05) is 73.1 Å². The van der Waals surface area contributed by atoms with E-state index >= 15 is 0 Å². The number of fused-ring (bicyclic) bond motifs is 1. The average Bonchev–Trinajstić information content (AvgIpc) is 3.48. The Bertz CT molecular complexity index is 1310. The summed E-state index contributed by atoms with van der Waals surface area (Å²) in [7, 11) is 0. The van der Waals surface area contributed by atoms with E-state index in [2.05, 4.69) is 22.0 Å². The van der Waals surface area contributed by atoms with Crippen LogP contribution < -0.4 is 10.1 Å². The highest BCUT2D eigenvalue weighted by Gasteiger charge is 2.12. The second kappa shape index (κ2) is 10.7. The van der Waals surface area contributed by atoms with Gasteiger partial charge in [0.05, 0.1) is 13.2 Å². The van der Waals surface area contributed by atoms with Crippen molar-refractivity contribution in [1.29, 1.82) is 5.26 Å². The van der Waals surface area contributed by atoms with Gasteiger partial charge in [0.1, 0.15) is 17.4 Å². The van der Waals surface area contributed by atoms with Gasteiger partial charge in [-0.25, -0.2) is 0 Å². The molecular weight excluding hydrogens is 430 g/mol. The number of para-hydroxylation sites is 2. The first-order valence-electron chi connectivity index (χ1n) is 10.8. The molecule has 6 heteroatoms. The lowest BCUT2D eigenvalue weighted by Gasteiger charge is -2.09. The highest BCUT2D eigenvalue weighted by molar-refractivity contribution is 7.09. The fraction of sp³-hybridized carbons (Fsp3) is 0.185. The quantitative estimate of drug-likeness (QED) is 0.200. The Balaban J connectivity index is 1.47. The smallest absolute Gasteiger partial charge is 0.262 e. The number of nitrogens with one attached hydrogen (secondary N) is 1. The third kappa shape index (κ3) is 5.51. The second-order valence-electron chi connectivity index (χ2n) is 7.69. The maximum atomic E-state index is 12.6. The molecule has 33 heavy (non-hydrogen) atoms. The largest absolute Gasteiger partial charge is 0.493 e. The van der Waals surface area contributed by atoms with Gasteiger partial charge in [0.2, 0.25) is 0 Å². The van der Waals surface area contributed by atoms with E-state index in [4.69, 9.17) is 4.74 Å². The number of amides is 1. The Morgan fingerprint density at radius 1 is 1.15 bits per heavy atom. The molecule has 5 nitrogen and oxygen atoms in total. The normalized spacial score (nSPS) is 11.3. The molecule has 0 bridgehead atoms. The lowest BCUT2D eigenvalue weighted by molar-refractivity contribution is -0.117. The van der Waals surface area contributed by atoms with E-state index in [-0.39, 0.29) is 11.5 Å². The highest BCUT2D eigenvalue weighted by atomic mass is 32.1. The Morgan fingerprint density at radius 3 is 2.76 bits per heavy atom. The number of thiophene rings is 1. The summed E-state index contributed by atoms with van der Waals surface area (Å²) in [5.74, 6) is 0.542. The second-order valence-corrected chi connectivity index (χ2v) is 8.73. The Labute approximate surface area is 197 Å². The molecule has 2 heterocycles. The molecular formula is C27H25N3O2S. The van der Waals surface area contributed by atoms with Crippen molar-refractivity contribution in [2.75, 3.05) is 6.61 Å². The number of aryl methyl sites for hydroxylation is 2. The summed E-state index contributed by atoms with van der Waals surface area (Å²) < 4.78 is 8.08. The predicted octanol–water partition coefficient (Wildman–Crippen LogP) is 5.70. The van der Waals surface area contributed by atoms with Gasteiger partial charge in [-0.2, -0.15) is 5.26 Å². The molecule has 1 N–H and O–H groups in total. The third-order valence-electron chi connectivity index (χ3n) is 5.38. The summed E-state index contributed by atoms with van der Waals surface area (Å²) in [6, 6.07) is 22.0. The van der Waals surface area contributed by atoms with Crippen LogP contribution >= 0.6 is 11.3 Å². The molecule has 0 aliphatic carbocycles. The number of nitriles is 1. The van der Waals surface area contributed by atoms with Crippen LogP contribution in [0.1, 0.15) is 22.4 Å². The fourth-order valence-corrected chi connectivity index (χ4v) is 4.34. The van der Waals surface area contributed by atoms with Crippen LogP contribution in [0.3, 0.4) is 0 Å². The van der Waals surface area contributed by atoms with Crippen LogP contribution in [0.15, 0.2) is 77.8 Å². The van der Waals surface area contributed by atoms with Gasteiger partial charge in [0.15, 0.2) is 0 Å². The van der Waals surface area contributed by atoms with Crippen molar-refractivity contribution in [3.8, 4) is 11.8 Å². The van der Waals surface area contributed by atoms with Crippen LogP contribution in [0.5, 0.6) is 5.75 Å². The van der Waals surface area contributed by atoms with Crippen LogP contribution in [-0.4, -0.2) is 17.1 Å². The van der Waals surface area contributed by atoms with Crippen LogP contribution in [0, 0.1) is 18.3 Å². The van der Waals surface area contributed by atoms with E-state index in [0.717, 1.165) is 45.6 Å². The summed E-state index contributed by atoms with van der Waals surface area (Å²) >= 11 is 1.57. The fourth-order valence-electron chi connectivity index (χ4n) is 3.69. The van der Waals surface area contributed by atoms with Gasteiger partial charge in [-0.05, 0) is 48.6 Å². The first-order chi connectivity index (χ1) is 16.2. The maximum absolute atomic E-state index is 12.6. The number of nitrogens with zero attached hydrogens (tertiary/aromatic N) is 2. The Kier molecular flexibility index (Phi) is 7.23. The lowest BCUT2D eigenvalue weighted by atomic mass is 10.1. The van der Waals surface area contributed by atoms with Gasteiger partial charge in [-0.3, -0.25) is 4.79 Å². The lowest BCUT2D eigenvalue weighted by Crippen LogP contribution is -2.23. The van der Waals surface area contributed by atoms with Gasteiger partial charge in [-0.1, -0.05) is 42.5 Å². The van der Waals surface area contributed by atoms with Gasteiger partial charge in [0, 0.05) is 34.1 Å². The van der Waals surface area contributed by atoms with Crippen molar-refractivity contribution in [1.82, 2.24) is 9.88 Å². The molecule has 0 radical (unpaired) electrons. The molecule has 0 saturated heterocycles. The van der Waals surface area contributed by atoms with Crippen LogP contribution in [-0.2, 0) is 17.9 Å². The molecule has 0 unspecified atom stereocenters. The van der Waals surface area contributed by atoms with Crippen molar-refractivity contribution < 1.29 is 9.53 Å². The molecule has 0 aliphatic heterocycles. The van der Waals surface area contributed by atoms with Gasteiger partial charge in [-0.15, -0.1) is 11.3 Å². The van der Waals surface area contributed by atoms with Crippen molar-refractivity contribution >= 4 is 34.2 Å². The molecule has 0 atom stereocenters. The first kappa shape index (κ1) is 22.4. The van der Waals surface area contributed by atoms with Crippen molar-refractivity contribution in [3.05, 3.63) is 93.8 Å². The minimum Gasteiger partial charge on any atom is -0.493 e. The van der Waals surface area contributed by atoms with Crippen molar-refractivity contribution in [2.24, 2.45) is 0 Å². The highest BCUT2D eigenvalue weighted by Crippen LogP contribution is 2.24. The molecule has 2 aromatic heterocycles. The molecule has 0 aliphatic rings. The summed E-state index contributed by atoms with van der Waals surface area (Å²) in [5.41, 5.74) is 3.14. The molecule has 2 aromatic carbocycles. The third-order valence-corrected chi connectivity index (χ3v) is 6.26. The average molecular weight is 456 g/mol. The Hall–Kier alpha value is -3.82. The SMILES string of the molecule is Cc1ccccc1OCCCn1cc(/C=C(\C#N)C(=O)NCc2cccs2)c2ccccc21. The van der Waals surface area contributed by atoms with E-state index < -0.39 is 0 Å². The summed E-state index contributed by atoms with van der Waals surface area (Å²) in [6.07, 6.45) is 4.51. The topological polar surface area (TPSA) is 67.0 Å². The first-order valence-corrected chi connectivity index (χ1v) is 11.7.